The Hall–Kier alpha value is -1.40. The molecule has 0 aromatic heterocycles. The highest BCUT2D eigenvalue weighted by Crippen LogP contribution is 2.34. The molecule has 0 aliphatic rings. The quantitative estimate of drug-likeness (QED) is 0.467. The summed E-state index contributed by atoms with van der Waals surface area (Å²) in [5.41, 5.74) is 1.52. The first-order valence-electron chi connectivity index (χ1n) is 6.28. The van der Waals surface area contributed by atoms with Crippen molar-refractivity contribution in [3.8, 4) is 5.75 Å². The van der Waals surface area contributed by atoms with Gasteiger partial charge in [0.2, 0.25) is 0 Å². The van der Waals surface area contributed by atoms with E-state index in [-0.39, 0.29) is 12.3 Å². The zero-order chi connectivity index (χ0) is 15.3. The molecule has 5 nitrogen and oxygen atoms in total. The highest BCUT2D eigenvalue weighted by Gasteiger charge is 2.19. The number of nitrogens with one attached hydrogen (secondary N) is 1. The Balaban J connectivity index is 2.77. The van der Waals surface area contributed by atoms with Crippen LogP contribution in [0.5, 0.6) is 5.75 Å². The molecule has 0 aliphatic heterocycles. The van der Waals surface area contributed by atoms with E-state index in [4.69, 9.17) is 4.74 Å². The van der Waals surface area contributed by atoms with E-state index in [1.54, 1.807) is 13.0 Å². The molecule has 0 aliphatic carbocycles. The summed E-state index contributed by atoms with van der Waals surface area (Å²) in [6.45, 7) is 10.6. The average molecular weight is 343 g/mol. The van der Waals surface area contributed by atoms with Crippen molar-refractivity contribution in [3.63, 3.8) is 0 Å². The summed E-state index contributed by atoms with van der Waals surface area (Å²) in [6.07, 6.45) is 0. The van der Waals surface area contributed by atoms with Crippen molar-refractivity contribution < 1.29 is 9.66 Å². The number of aryl methyl sites for hydroxylation is 1. The van der Waals surface area contributed by atoms with Crippen molar-refractivity contribution in [2.75, 3.05) is 13.2 Å². The summed E-state index contributed by atoms with van der Waals surface area (Å²) < 4.78 is 6.24. The summed E-state index contributed by atoms with van der Waals surface area (Å²) in [4.78, 5) is 10.6. The minimum Gasteiger partial charge on any atom is -0.482 e. The molecule has 0 saturated heterocycles. The van der Waals surface area contributed by atoms with Crippen molar-refractivity contribution in [3.05, 3.63) is 44.4 Å². The van der Waals surface area contributed by atoms with Gasteiger partial charge in [-0.1, -0.05) is 36.4 Å². The van der Waals surface area contributed by atoms with E-state index >= 15 is 0 Å². The Morgan fingerprint density at radius 2 is 2.20 bits per heavy atom. The van der Waals surface area contributed by atoms with Gasteiger partial charge in [-0.2, -0.15) is 0 Å². The number of rotatable bonds is 7. The van der Waals surface area contributed by atoms with Crippen molar-refractivity contribution in [2.24, 2.45) is 0 Å². The van der Waals surface area contributed by atoms with E-state index < -0.39 is 4.92 Å². The molecule has 1 aromatic rings. The topological polar surface area (TPSA) is 64.4 Å². The SMILES string of the molecule is C=C(CNC(C)C)COc1c(C)cc(Br)cc1[N+](=O)[O-]. The third-order valence-corrected chi connectivity index (χ3v) is 3.06. The fourth-order valence-electron chi connectivity index (χ4n) is 1.61. The van der Waals surface area contributed by atoms with E-state index in [0.717, 1.165) is 11.1 Å². The lowest BCUT2D eigenvalue weighted by atomic mass is 10.2. The van der Waals surface area contributed by atoms with Gasteiger partial charge in [0, 0.05) is 23.1 Å². The molecule has 110 valence electrons. The van der Waals surface area contributed by atoms with Crippen LogP contribution in [0.25, 0.3) is 0 Å². The lowest BCUT2D eigenvalue weighted by Gasteiger charge is -2.13. The first kappa shape index (κ1) is 16.7. The monoisotopic (exact) mass is 342 g/mol. The molecule has 1 N–H and O–H groups in total. The minimum absolute atomic E-state index is 0.0403. The van der Waals surface area contributed by atoms with E-state index in [9.17, 15) is 10.1 Å². The molecule has 6 heteroatoms. The molecule has 0 fully saturated rings. The smallest absolute Gasteiger partial charge is 0.312 e. The van der Waals surface area contributed by atoms with Crippen LogP contribution < -0.4 is 10.1 Å². The van der Waals surface area contributed by atoms with Crippen LogP contribution in [0.3, 0.4) is 0 Å². The van der Waals surface area contributed by atoms with Crippen LogP contribution >= 0.6 is 15.9 Å². The molecule has 0 spiro atoms. The predicted octanol–water partition coefficient (Wildman–Crippen LogP) is 3.60. The number of benzene rings is 1. The summed E-state index contributed by atoms with van der Waals surface area (Å²) in [5, 5.41) is 14.3. The number of halogens is 1. The first-order valence-corrected chi connectivity index (χ1v) is 7.08. The normalized spacial score (nSPS) is 10.7. The van der Waals surface area contributed by atoms with E-state index in [2.05, 4.69) is 27.8 Å². The Bertz CT molecular complexity index is 515. The molecule has 0 amide bonds. The van der Waals surface area contributed by atoms with Gasteiger partial charge in [-0.05, 0) is 24.1 Å². The maximum atomic E-state index is 11.1. The standard InChI is InChI=1S/C14H19BrN2O3/c1-9(2)16-7-10(3)8-20-14-11(4)5-12(15)6-13(14)17(18)19/h5-6,9,16H,3,7-8H2,1-2,4H3. The Morgan fingerprint density at radius 3 is 2.75 bits per heavy atom. The van der Waals surface area contributed by atoms with E-state index in [1.807, 2.05) is 13.8 Å². The Kier molecular flexibility index (Phi) is 6.16. The lowest BCUT2D eigenvalue weighted by Crippen LogP contribution is -2.26. The highest BCUT2D eigenvalue weighted by atomic mass is 79.9. The molecular weight excluding hydrogens is 324 g/mol. The summed E-state index contributed by atoms with van der Waals surface area (Å²) in [5.74, 6) is 0.295. The van der Waals surface area contributed by atoms with Crippen LogP contribution in [-0.2, 0) is 0 Å². The first-order chi connectivity index (χ1) is 9.31. The maximum Gasteiger partial charge on any atom is 0.312 e. The van der Waals surface area contributed by atoms with Gasteiger partial charge >= 0.3 is 5.69 Å². The molecule has 0 atom stereocenters. The van der Waals surface area contributed by atoms with Gasteiger partial charge in [0.05, 0.1) is 4.92 Å². The average Bonchev–Trinajstić information content (AvgIpc) is 2.34. The molecule has 1 aromatic carbocycles. The Labute approximate surface area is 127 Å². The molecule has 20 heavy (non-hydrogen) atoms. The lowest BCUT2D eigenvalue weighted by molar-refractivity contribution is -0.385. The van der Waals surface area contributed by atoms with Crippen molar-refractivity contribution in [2.45, 2.75) is 26.8 Å². The van der Waals surface area contributed by atoms with Crippen LogP contribution in [0.4, 0.5) is 5.69 Å². The summed E-state index contributed by atoms with van der Waals surface area (Å²) in [6, 6.07) is 3.59. The third-order valence-electron chi connectivity index (χ3n) is 2.60. The van der Waals surface area contributed by atoms with Gasteiger partial charge in [0.15, 0.2) is 5.75 Å². The van der Waals surface area contributed by atoms with Crippen LogP contribution in [-0.4, -0.2) is 24.1 Å². The van der Waals surface area contributed by atoms with Gasteiger partial charge < -0.3 is 10.1 Å². The van der Waals surface area contributed by atoms with E-state index in [0.29, 0.717) is 22.8 Å². The second-order valence-electron chi connectivity index (χ2n) is 4.90. The van der Waals surface area contributed by atoms with Crippen molar-refractivity contribution in [1.29, 1.82) is 0 Å². The second kappa shape index (κ2) is 7.40. The highest BCUT2D eigenvalue weighted by molar-refractivity contribution is 9.10. The number of nitro groups is 1. The fraction of sp³-hybridized carbons (Fsp3) is 0.429. The molecule has 0 heterocycles. The molecule has 0 bridgehead atoms. The summed E-state index contributed by atoms with van der Waals surface area (Å²) in [7, 11) is 0. The van der Waals surface area contributed by atoms with Crippen LogP contribution in [0, 0.1) is 17.0 Å². The largest absolute Gasteiger partial charge is 0.482 e. The molecule has 0 saturated carbocycles. The number of hydrogen-bond donors (Lipinski definition) is 1. The van der Waals surface area contributed by atoms with Gasteiger partial charge in [-0.15, -0.1) is 0 Å². The molecule has 0 unspecified atom stereocenters. The molecule has 0 radical (unpaired) electrons. The van der Waals surface area contributed by atoms with E-state index in [1.165, 1.54) is 6.07 Å². The zero-order valence-electron chi connectivity index (χ0n) is 11.9. The van der Waals surface area contributed by atoms with Gasteiger partial charge in [-0.3, -0.25) is 10.1 Å². The molecular formula is C14H19BrN2O3. The number of nitrogens with zero attached hydrogens (tertiary/aromatic N) is 1. The van der Waals surface area contributed by atoms with Gasteiger partial charge in [-0.25, -0.2) is 0 Å². The second-order valence-corrected chi connectivity index (χ2v) is 5.82. The minimum atomic E-state index is -0.442. The molecule has 1 rings (SSSR count). The van der Waals surface area contributed by atoms with Crippen LogP contribution in [0.15, 0.2) is 28.8 Å². The number of ether oxygens (including phenoxy) is 1. The zero-order valence-corrected chi connectivity index (χ0v) is 13.5. The van der Waals surface area contributed by atoms with Gasteiger partial charge in [0.1, 0.15) is 6.61 Å². The van der Waals surface area contributed by atoms with Crippen LogP contribution in [0.1, 0.15) is 19.4 Å². The fourth-order valence-corrected chi connectivity index (χ4v) is 2.17. The van der Waals surface area contributed by atoms with Crippen molar-refractivity contribution >= 4 is 21.6 Å². The van der Waals surface area contributed by atoms with Crippen LogP contribution in [0.2, 0.25) is 0 Å². The number of hydrogen-bond acceptors (Lipinski definition) is 4. The predicted molar refractivity (Wildman–Crippen MR) is 83.3 cm³/mol. The third kappa shape index (κ3) is 4.94. The van der Waals surface area contributed by atoms with Crippen molar-refractivity contribution in [1.82, 2.24) is 5.32 Å². The maximum absolute atomic E-state index is 11.1. The number of nitro benzene ring substituents is 1. The Morgan fingerprint density at radius 1 is 1.55 bits per heavy atom. The summed E-state index contributed by atoms with van der Waals surface area (Å²) >= 11 is 3.25. The van der Waals surface area contributed by atoms with Gasteiger partial charge in [0.25, 0.3) is 0 Å².